The fourth-order valence-electron chi connectivity index (χ4n) is 5.82. The molecule has 1 aliphatic rings. The van der Waals surface area contributed by atoms with Gasteiger partial charge in [-0.15, -0.1) is 12.4 Å². The molecule has 10 nitrogen and oxygen atoms in total. The fourth-order valence-corrected chi connectivity index (χ4v) is 7.00. The lowest BCUT2D eigenvalue weighted by atomic mass is 10.2. The molecule has 54 heavy (non-hydrogen) atoms. The average Bonchev–Trinajstić information content (AvgIpc) is 3.46. The molecular formula is C36H34ClF6N5O5S. The van der Waals surface area contributed by atoms with Gasteiger partial charge in [-0.05, 0) is 66.2 Å². The first kappa shape index (κ1) is 40.2. The van der Waals surface area contributed by atoms with Crippen molar-refractivity contribution < 1.29 is 49.0 Å². The topological polar surface area (TPSA) is 97.2 Å². The second kappa shape index (κ2) is 15.8. The van der Waals surface area contributed by atoms with Crippen LogP contribution in [0.2, 0.25) is 0 Å². The van der Waals surface area contributed by atoms with E-state index < -0.39 is 34.5 Å². The number of halogens is 7. The first-order chi connectivity index (χ1) is 25.0. The Morgan fingerprint density at radius 3 is 2.09 bits per heavy atom. The van der Waals surface area contributed by atoms with Gasteiger partial charge in [-0.3, -0.25) is 14.0 Å². The summed E-state index contributed by atoms with van der Waals surface area (Å²) in [7, 11) is -1.13. The summed E-state index contributed by atoms with van der Waals surface area (Å²) in [4.78, 5) is 21.4. The molecule has 0 unspecified atom stereocenters. The van der Waals surface area contributed by atoms with Gasteiger partial charge in [0.15, 0.2) is 6.61 Å². The van der Waals surface area contributed by atoms with E-state index in [1.165, 1.54) is 37.5 Å². The Labute approximate surface area is 313 Å². The molecule has 288 valence electrons. The Kier molecular flexibility index (Phi) is 11.7. The van der Waals surface area contributed by atoms with Crippen molar-refractivity contribution in [3.8, 4) is 17.4 Å². The quantitative estimate of drug-likeness (QED) is 0.135. The van der Waals surface area contributed by atoms with Gasteiger partial charge in [-0.2, -0.15) is 26.3 Å². The zero-order valence-corrected chi connectivity index (χ0v) is 30.4. The van der Waals surface area contributed by atoms with Crippen molar-refractivity contribution in [1.29, 1.82) is 0 Å². The maximum Gasteiger partial charge on any atom is 0.422 e. The van der Waals surface area contributed by atoms with E-state index in [0.717, 1.165) is 32.9 Å². The monoisotopic (exact) mass is 797 g/mol. The minimum atomic E-state index is -4.60. The highest BCUT2D eigenvalue weighted by Gasteiger charge is 2.32. The van der Waals surface area contributed by atoms with Crippen LogP contribution in [0.4, 0.5) is 32.0 Å². The summed E-state index contributed by atoms with van der Waals surface area (Å²) in [6.45, 7) is 1.44. The third-order valence-electron chi connectivity index (χ3n) is 8.77. The van der Waals surface area contributed by atoms with Gasteiger partial charge >= 0.3 is 12.4 Å². The summed E-state index contributed by atoms with van der Waals surface area (Å²) in [6.07, 6.45) is -7.74. The van der Waals surface area contributed by atoms with Gasteiger partial charge in [0, 0.05) is 64.3 Å². The van der Waals surface area contributed by atoms with Gasteiger partial charge in [0.1, 0.15) is 17.2 Å². The second-order valence-electron chi connectivity index (χ2n) is 12.4. The Morgan fingerprint density at radius 1 is 0.852 bits per heavy atom. The van der Waals surface area contributed by atoms with E-state index >= 15 is 0 Å². The van der Waals surface area contributed by atoms with Crippen LogP contribution in [0.3, 0.4) is 0 Å². The summed E-state index contributed by atoms with van der Waals surface area (Å²) in [5.74, 6) is 0.576. The lowest BCUT2D eigenvalue weighted by Gasteiger charge is -2.34. The molecule has 0 atom stereocenters. The van der Waals surface area contributed by atoms with Gasteiger partial charge < -0.3 is 18.9 Å². The van der Waals surface area contributed by atoms with Crippen LogP contribution in [0.1, 0.15) is 21.6 Å². The number of nitrogens with zero attached hydrogens (tertiary/aromatic N) is 5. The van der Waals surface area contributed by atoms with E-state index in [4.69, 9.17) is 9.47 Å². The number of fused-ring (bicyclic) bond motifs is 1. The smallest absolute Gasteiger partial charge is 0.422 e. The third-order valence-corrected chi connectivity index (χ3v) is 10.6. The maximum absolute atomic E-state index is 13.6. The molecule has 1 amide bonds. The molecule has 2 aromatic heterocycles. The normalized spacial score (nSPS) is 14.1. The highest BCUT2D eigenvalue weighted by molar-refractivity contribution is 7.92. The summed E-state index contributed by atoms with van der Waals surface area (Å²) >= 11 is 0. The van der Waals surface area contributed by atoms with Crippen molar-refractivity contribution in [2.45, 2.75) is 23.8 Å². The Morgan fingerprint density at radius 2 is 1.50 bits per heavy atom. The Hall–Kier alpha value is -5.00. The minimum Gasteiger partial charge on any atom is -0.484 e. The number of carbonyl (C=O) groups excluding carboxylic acids is 1. The van der Waals surface area contributed by atoms with Crippen molar-refractivity contribution in [3.63, 3.8) is 0 Å². The predicted molar refractivity (Wildman–Crippen MR) is 191 cm³/mol. The van der Waals surface area contributed by atoms with E-state index in [0.29, 0.717) is 56.3 Å². The van der Waals surface area contributed by atoms with Crippen LogP contribution >= 0.6 is 12.4 Å². The first-order valence-corrected chi connectivity index (χ1v) is 17.6. The number of aromatic nitrogens is 2. The van der Waals surface area contributed by atoms with Crippen LogP contribution < -0.4 is 13.8 Å². The molecular weight excluding hydrogens is 764 g/mol. The number of sulfonamides is 1. The molecule has 18 heteroatoms. The number of amides is 1. The summed E-state index contributed by atoms with van der Waals surface area (Å²) in [6, 6.07) is 19.7. The van der Waals surface area contributed by atoms with Crippen molar-refractivity contribution in [1.82, 2.24) is 19.4 Å². The molecule has 1 aliphatic heterocycles. The van der Waals surface area contributed by atoms with Crippen LogP contribution in [0, 0.1) is 0 Å². The van der Waals surface area contributed by atoms with Crippen LogP contribution in [-0.2, 0) is 29.8 Å². The molecule has 3 heterocycles. The number of carbonyl (C=O) groups is 1. The molecule has 6 rings (SSSR count). The molecule has 3 aromatic carbocycles. The van der Waals surface area contributed by atoms with Gasteiger partial charge in [-0.25, -0.2) is 13.4 Å². The molecule has 0 N–H and O–H groups in total. The Balaban J connectivity index is 0.00000561. The number of hydrogen-bond donors (Lipinski definition) is 0. The molecule has 5 aromatic rings. The molecule has 1 saturated heterocycles. The van der Waals surface area contributed by atoms with Crippen LogP contribution in [0.25, 0.3) is 10.9 Å². The van der Waals surface area contributed by atoms with E-state index in [9.17, 15) is 39.6 Å². The second-order valence-corrected chi connectivity index (χ2v) is 14.3. The third kappa shape index (κ3) is 9.19. The standard InChI is InChI=1S/C36H33F6N5O5S.ClH/c1-44-31-20-29(52-33-14-8-27(21-43-33)45(2)53(49,50)30-12-6-26(7-13-30)36(40,41)42)11-5-25(31)19-32(44)34(48)47-17-15-46(16-18-47)22-24-3-9-28(10-4-24)51-23-35(37,38)39;/h3-14,19-21H,15-18,22-23H2,1-2H3;1H. The van der Waals surface area contributed by atoms with Crippen molar-refractivity contribution in [3.05, 3.63) is 108 Å². The summed E-state index contributed by atoms with van der Waals surface area (Å²) in [5.41, 5.74) is 1.33. The number of aryl methyl sites for hydroxylation is 1. The predicted octanol–water partition coefficient (Wildman–Crippen LogP) is 7.53. The molecule has 0 aliphatic carbocycles. The van der Waals surface area contributed by atoms with Gasteiger partial charge in [0.2, 0.25) is 5.88 Å². The molecule has 0 bridgehead atoms. The number of benzene rings is 3. The summed E-state index contributed by atoms with van der Waals surface area (Å²) < 4.78 is 115. The number of alkyl halides is 6. The van der Waals surface area contributed by atoms with Crippen molar-refractivity contribution >= 4 is 44.9 Å². The van der Waals surface area contributed by atoms with E-state index in [2.05, 4.69) is 9.88 Å². The number of piperazine rings is 1. The SMILES string of the molecule is CN(c1ccc(Oc2ccc3cc(C(=O)N4CCN(Cc5ccc(OCC(F)(F)F)cc5)CC4)n(C)c3c2)nc1)S(=O)(=O)c1ccc(C(F)(F)F)cc1.Cl. The van der Waals surface area contributed by atoms with Crippen molar-refractivity contribution in [2.24, 2.45) is 7.05 Å². The lowest BCUT2D eigenvalue weighted by molar-refractivity contribution is -0.153. The first-order valence-electron chi connectivity index (χ1n) is 16.2. The fraction of sp³-hybridized carbons (Fsp3) is 0.278. The molecule has 0 saturated carbocycles. The highest BCUT2D eigenvalue weighted by Crippen LogP contribution is 2.32. The molecule has 1 fully saturated rings. The number of pyridine rings is 1. The van der Waals surface area contributed by atoms with Gasteiger partial charge in [0.25, 0.3) is 15.9 Å². The summed E-state index contributed by atoms with van der Waals surface area (Å²) in [5, 5.41) is 0.808. The molecule has 0 spiro atoms. The van der Waals surface area contributed by atoms with Crippen LogP contribution in [0.5, 0.6) is 17.4 Å². The van der Waals surface area contributed by atoms with E-state index in [1.807, 2.05) is 0 Å². The van der Waals surface area contributed by atoms with E-state index in [1.54, 1.807) is 52.9 Å². The van der Waals surface area contributed by atoms with Gasteiger partial charge in [0.05, 0.1) is 27.9 Å². The number of rotatable bonds is 10. The zero-order valence-electron chi connectivity index (χ0n) is 28.8. The highest BCUT2D eigenvalue weighted by atomic mass is 35.5. The van der Waals surface area contributed by atoms with Crippen LogP contribution in [0.15, 0.2) is 96.0 Å². The van der Waals surface area contributed by atoms with Crippen molar-refractivity contribution in [2.75, 3.05) is 44.1 Å². The van der Waals surface area contributed by atoms with Crippen LogP contribution in [-0.4, -0.2) is 79.7 Å². The maximum atomic E-state index is 13.6. The van der Waals surface area contributed by atoms with E-state index in [-0.39, 0.29) is 40.5 Å². The largest absolute Gasteiger partial charge is 0.484 e. The number of anilines is 1. The molecule has 0 radical (unpaired) electrons. The average molecular weight is 798 g/mol. The Bertz CT molecular complexity index is 2190. The van der Waals surface area contributed by atoms with Gasteiger partial charge in [-0.1, -0.05) is 12.1 Å². The number of ether oxygens (including phenoxy) is 2. The number of hydrogen-bond acceptors (Lipinski definition) is 7. The lowest BCUT2D eigenvalue weighted by Crippen LogP contribution is -2.48. The minimum absolute atomic E-state index is 0. The zero-order chi connectivity index (χ0) is 38.1.